The highest BCUT2D eigenvalue weighted by Gasteiger charge is 2.24. The Morgan fingerprint density at radius 3 is 2.37 bits per heavy atom. The van der Waals surface area contributed by atoms with E-state index in [1.54, 1.807) is 30.3 Å². The molecule has 4 rings (SSSR count). The zero-order valence-corrected chi connectivity index (χ0v) is 18.2. The molecule has 3 aromatic rings. The van der Waals surface area contributed by atoms with E-state index in [-0.39, 0.29) is 29.6 Å². The first kappa shape index (κ1) is 23.1. The molecule has 11 heteroatoms. The number of benzene rings is 3. The molecule has 0 bridgehead atoms. The van der Waals surface area contributed by atoms with Gasteiger partial charge in [-0.3, -0.25) is 20.2 Å². The summed E-state index contributed by atoms with van der Waals surface area (Å²) in [5.74, 6) is 0.171. The molecule has 0 aliphatic carbocycles. The Kier molecular flexibility index (Phi) is 6.49. The maximum Gasteiger partial charge on any atom is 0.363 e. The first-order chi connectivity index (χ1) is 16.8. The fourth-order valence-corrected chi connectivity index (χ4v) is 3.23. The summed E-state index contributed by atoms with van der Waals surface area (Å²) in [4.78, 5) is 37.2. The second-order valence-electron chi connectivity index (χ2n) is 7.27. The van der Waals surface area contributed by atoms with Crippen molar-refractivity contribution in [1.29, 1.82) is 0 Å². The van der Waals surface area contributed by atoms with Crippen molar-refractivity contribution >= 4 is 29.3 Å². The van der Waals surface area contributed by atoms with Crippen LogP contribution < -0.4 is 9.47 Å². The highest BCUT2D eigenvalue weighted by atomic mass is 16.6. The third-order valence-corrected chi connectivity index (χ3v) is 4.95. The fourth-order valence-electron chi connectivity index (χ4n) is 3.23. The number of rotatable bonds is 8. The van der Waals surface area contributed by atoms with E-state index in [1.165, 1.54) is 49.6 Å². The van der Waals surface area contributed by atoms with Gasteiger partial charge >= 0.3 is 5.97 Å². The molecule has 35 heavy (non-hydrogen) atoms. The van der Waals surface area contributed by atoms with E-state index >= 15 is 0 Å². The summed E-state index contributed by atoms with van der Waals surface area (Å²) in [6, 6.07) is 16.6. The minimum absolute atomic E-state index is 0.0304. The van der Waals surface area contributed by atoms with Crippen LogP contribution in [0.25, 0.3) is 6.08 Å². The van der Waals surface area contributed by atoms with Crippen LogP contribution in [0.2, 0.25) is 0 Å². The molecule has 0 saturated carbocycles. The first-order valence-electron chi connectivity index (χ1n) is 10.2. The molecule has 0 saturated heterocycles. The smallest absolute Gasteiger partial charge is 0.363 e. The van der Waals surface area contributed by atoms with Gasteiger partial charge < -0.3 is 14.2 Å². The lowest BCUT2D eigenvalue weighted by molar-refractivity contribution is -0.385. The highest BCUT2D eigenvalue weighted by molar-refractivity contribution is 6.12. The quantitative estimate of drug-likeness (QED) is 0.201. The maximum atomic E-state index is 12.3. The van der Waals surface area contributed by atoms with Gasteiger partial charge in [0.15, 0.2) is 17.2 Å². The van der Waals surface area contributed by atoms with Gasteiger partial charge in [-0.15, -0.1) is 0 Å². The summed E-state index contributed by atoms with van der Waals surface area (Å²) in [7, 11) is 1.46. The number of carbonyl (C=O) groups excluding carboxylic acids is 1. The van der Waals surface area contributed by atoms with Crippen molar-refractivity contribution in [1.82, 2.24) is 0 Å². The zero-order chi connectivity index (χ0) is 24.9. The second-order valence-corrected chi connectivity index (χ2v) is 7.27. The molecular formula is C24H17N3O8. The molecule has 0 radical (unpaired) electrons. The molecule has 1 aliphatic heterocycles. The number of hydrogen-bond acceptors (Lipinski definition) is 9. The number of non-ortho nitro benzene ring substituents is 2. The van der Waals surface area contributed by atoms with Gasteiger partial charge in [0, 0.05) is 29.8 Å². The normalized spacial score (nSPS) is 13.8. The predicted molar refractivity (Wildman–Crippen MR) is 124 cm³/mol. The number of esters is 1. The molecule has 3 aromatic carbocycles. The summed E-state index contributed by atoms with van der Waals surface area (Å²) in [6.45, 7) is 0.0910. The minimum Gasteiger partial charge on any atom is -0.493 e. The van der Waals surface area contributed by atoms with Gasteiger partial charge in [-0.2, -0.15) is 0 Å². The van der Waals surface area contributed by atoms with Crippen molar-refractivity contribution < 1.29 is 28.9 Å². The van der Waals surface area contributed by atoms with E-state index in [0.717, 1.165) is 0 Å². The lowest BCUT2D eigenvalue weighted by Crippen LogP contribution is -2.05. The fraction of sp³-hybridized carbons (Fsp3) is 0.0833. The SMILES string of the molecule is COc1cc(/C=C2\N=C(c3ccc([N+](=O)[O-])cc3)OC2=O)ccc1OCc1cccc([N+](=O)[O-])c1. The molecule has 176 valence electrons. The summed E-state index contributed by atoms with van der Waals surface area (Å²) in [6.07, 6.45) is 1.51. The number of ether oxygens (including phenoxy) is 3. The van der Waals surface area contributed by atoms with Gasteiger partial charge in [0.05, 0.1) is 17.0 Å². The van der Waals surface area contributed by atoms with E-state index in [0.29, 0.717) is 28.2 Å². The first-order valence-corrected chi connectivity index (χ1v) is 10.2. The Bertz CT molecular complexity index is 1380. The number of carbonyl (C=O) groups is 1. The van der Waals surface area contributed by atoms with Crippen LogP contribution >= 0.6 is 0 Å². The van der Waals surface area contributed by atoms with Crippen LogP contribution in [0.4, 0.5) is 11.4 Å². The Balaban J connectivity index is 1.51. The van der Waals surface area contributed by atoms with E-state index in [9.17, 15) is 25.0 Å². The number of nitro benzene ring substituents is 2. The van der Waals surface area contributed by atoms with E-state index in [4.69, 9.17) is 14.2 Å². The highest BCUT2D eigenvalue weighted by Crippen LogP contribution is 2.31. The van der Waals surface area contributed by atoms with Crippen LogP contribution in [0.1, 0.15) is 16.7 Å². The van der Waals surface area contributed by atoms with Crippen LogP contribution in [0, 0.1) is 20.2 Å². The summed E-state index contributed by atoms with van der Waals surface area (Å²) in [5, 5.41) is 21.7. The number of methoxy groups -OCH3 is 1. The van der Waals surface area contributed by atoms with E-state index in [2.05, 4.69) is 4.99 Å². The molecule has 0 N–H and O–H groups in total. The van der Waals surface area contributed by atoms with Crippen LogP contribution in [0.15, 0.2) is 77.4 Å². The van der Waals surface area contributed by atoms with Gasteiger partial charge in [0.2, 0.25) is 5.90 Å². The molecule has 0 atom stereocenters. The molecule has 0 amide bonds. The minimum atomic E-state index is -0.664. The zero-order valence-electron chi connectivity index (χ0n) is 18.2. The summed E-state index contributed by atoms with van der Waals surface area (Å²) >= 11 is 0. The topological polar surface area (TPSA) is 143 Å². The van der Waals surface area contributed by atoms with Crippen LogP contribution in [0.5, 0.6) is 11.5 Å². The standard InChI is InChI=1S/C24H17N3O8/c1-33-22-13-15(5-10-21(22)34-14-16-3-2-4-19(11-16)27(31)32)12-20-24(28)35-23(25-20)17-6-8-18(9-7-17)26(29)30/h2-13H,14H2,1H3/b20-12-. The average Bonchev–Trinajstić information content (AvgIpc) is 3.23. The number of nitrogens with zero attached hydrogens (tertiary/aromatic N) is 3. The van der Waals surface area contributed by atoms with Crippen molar-refractivity contribution in [3.63, 3.8) is 0 Å². The molecule has 0 spiro atoms. The van der Waals surface area contributed by atoms with Crippen molar-refractivity contribution in [2.24, 2.45) is 4.99 Å². The van der Waals surface area contributed by atoms with Crippen molar-refractivity contribution in [2.75, 3.05) is 7.11 Å². The number of nitro groups is 2. The van der Waals surface area contributed by atoms with E-state index in [1.807, 2.05) is 0 Å². The largest absolute Gasteiger partial charge is 0.493 e. The van der Waals surface area contributed by atoms with Gasteiger partial charge in [0.25, 0.3) is 11.4 Å². The molecule has 1 aliphatic rings. The maximum absolute atomic E-state index is 12.3. The van der Waals surface area contributed by atoms with Gasteiger partial charge in [-0.25, -0.2) is 9.79 Å². The van der Waals surface area contributed by atoms with Gasteiger partial charge in [-0.05, 0) is 41.5 Å². The van der Waals surface area contributed by atoms with Crippen molar-refractivity contribution in [3.05, 3.63) is 109 Å². The average molecular weight is 475 g/mol. The van der Waals surface area contributed by atoms with Crippen molar-refractivity contribution in [2.45, 2.75) is 6.61 Å². The second kappa shape index (κ2) is 9.83. The predicted octanol–water partition coefficient (Wildman–Crippen LogP) is 4.44. The number of aliphatic imine (C=N–C) groups is 1. The Labute approximate surface area is 198 Å². The summed E-state index contributed by atoms with van der Waals surface area (Å²) < 4.78 is 16.3. The van der Waals surface area contributed by atoms with Crippen LogP contribution in [-0.4, -0.2) is 28.8 Å². The Morgan fingerprint density at radius 2 is 1.69 bits per heavy atom. The molecule has 1 heterocycles. The monoisotopic (exact) mass is 475 g/mol. The van der Waals surface area contributed by atoms with Gasteiger partial charge in [-0.1, -0.05) is 18.2 Å². The van der Waals surface area contributed by atoms with Crippen molar-refractivity contribution in [3.8, 4) is 11.5 Å². The lowest BCUT2D eigenvalue weighted by Gasteiger charge is -2.11. The third-order valence-electron chi connectivity index (χ3n) is 4.95. The molecule has 0 aromatic heterocycles. The Hall–Kier alpha value is -5.06. The molecule has 0 fully saturated rings. The third kappa shape index (κ3) is 5.30. The van der Waals surface area contributed by atoms with Crippen LogP contribution in [-0.2, 0) is 16.1 Å². The lowest BCUT2D eigenvalue weighted by atomic mass is 10.1. The molecule has 0 unspecified atom stereocenters. The van der Waals surface area contributed by atoms with E-state index < -0.39 is 15.8 Å². The van der Waals surface area contributed by atoms with Crippen LogP contribution in [0.3, 0.4) is 0 Å². The van der Waals surface area contributed by atoms with Gasteiger partial charge in [0.1, 0.15) is 6.61 Å². The molecule has 11 nitrogen and oxygen atoms in total. The number of cyclic esters (lactones) is 1. The number of hydrogen-bond donors (Lipinski definition) is 0. The molecular weight excluding hydrogens is 458 g/mol. The Morgan fingerprint density at radius 1 is 0.943 bits per heavy atom. The summed E-state index contributed by atoms with van der Waals surface area (Å²) in [5.41, 5.74) is 1.56.